The number of amides is 3. The quantitative estimate of drug-likeness (QED) is 0.218. The van der Waals surface area contributed by atoms with Gasteiger partial charge in [-0.3, -0.25) is 19.4 Å². The highest BCUT2D eigenvalue weighted by atomic mass is 16.3. The number of aliphatic hydroxyl groups is 1. The maximum Gasteiger partial charge on any atom is 0.243 e. The van der Waals surface area contributed by atoms with Gasteiger partial charge in [0.05, 0.1) is 24.2 Å². The third-order valence-corrected chi connectivity index (χ3v) is 7.00. The van der Waals surface area contributed by atoms with Gasteiger partial charge in [-0.2, -0.15) is 0 Å². The summed E-state index contributed by atoms with van der Waals surface area (Å²) in [7, 11) is 0. The number of nitrogens with zero attached hydrogens (tertiary/aromatic N) is 2. The Hall–Kier alpha value is -2.04. The van der Waals surface area contributed by atoms with E-state index in [0.29, 0.717) is 37.9 Å². The van der Waals surface area contributed by atoms with E-state index >= 15 is 0 Å². The highest BCUT2D eigenvalue weighted by Gasteiger charge is 2.40. The molecule has 7 N–H and O–H groups in total. The van der Waals surface area contributed by atoms with Crippen LogP contribution >= 0.6 is 0 Å². The van der Waals surface area contributed by atoms with E-state index in [1.807, 2.05) is 34.6 Å². The molecule has 1 saturated heterocycles. The lowest BCUT2D eigenvalue weighted by molar-refractivity contribution is -0.141. The number of carbonyl (C=O) groups excluding carboxylic acids is 3. The van der Waals surface area contributed by atoms with Crippen LogP contribution < -0.4 is 22.1 Å². The summed E-state index contributed by atoms with van der Waals surface area (Å²) in [6.45, 7) is 15.9. The largest absolute Gasteiger partial charge is 0.391 e. The average molecular weight is 511 g/mol. The van der Waals surface area contributed by atoms with Crippen molar-refractivity contribution < 1.29 is 19.5 Å². The number of primary amides is 1. The molecule has 1 rings (SSSR count). The Morgan fingerprint density at radius 1 is 1.11 bits per heavy atom. The molecule has 1 aliphatic heterocycles. The van der Waals surface area contributed by atoms with Gasteiger partial charge >= 0.3 is 0 Å². The Labute approximate surface area is 217 Å². The Balaban J connectivity index is 3.07. The summed E-state index contributed by atoms with van der Waals surface area (Å²) in [5.41, 5.74) is 12.2. The molecule has 0 aromatic carbocycles. The van der Waals surface area contributed by atoms with Crippen molar-refractivity contribution in [1.29, 1.82) is 0 Å². The molecule has 3 amide bonds. The van der Waals surface area contributed by atoms with Gasteiger partial charge in [0.1, 0.15) is 12.1 Å². The van der Waals surface area contributed by atoms with E-state index < -0.39 is 36.2 Å². The highest BCUT2D eigenvalue weighted by Crippen LogP contribution is 2.22. The van der Waals surface area contributed by atoms with Gasteiger partial charge in [0.15, 0.2) is 0 Å². The fraction of sp³-hybridized carbons (Fsp3) is 0.846. The number of hydrogen-bond acceptors (Lipinski definition) is 7. The normalized spacial score (nSPS) is 21.7. The molecule has 1 fully saturated rings. The SMILES string of the molecule is CCCC(NC(=O)C1CCCN1C(=O)C(NC(C)C(N=C(C)C(N)C(C)O)C(C)C)C(C)C)C(N)=O. The number of nitrogens with two attached hydrogens (primary N) is 2. The topological polar surface area (TPSA) is 163 Å². The van der Waals surface area contributed by atoms with Gasteiger partial charge in [-0.05, 0) is 51.9 Å². The van der Waals surface area contributed by atoms with Crippen LogP contribution in [0.1, 0.15) is 81.1 Å². The van der Waals surface area contributed by atoms with Crippen LogP contribution in [0.2, 0.25) is 0 Å². The lowest BCUT2D eigenvalue weighted by Gasteiger charge is -2.35. The fourth-order valence-corrected chi connectivity index (χ4v) is 4.76. The van der Waals surface area contributed by atoms with Crippen LogP contribution in [-0.4, -0.2) is 82.3 Å². The van der Waals surface area contributed by atoms with Gasteiger partial charge in [-0.25, -0.2) is 0 Å². The number of likely N-dealkylation sites (tertiary alicyclic amines) is 1. The Morgan fingerprint density at radius 2 is 1.72 bits per heavy atom. The number of aliphatic imine (C=N–C) groups is 1. The average Bonchev–Trinajstić information content (AvgIpc) is 3.28. The summed E-state index contributed by atoms with van der Waals surface area (Å²) in [6.07, 6.45) is 1.73. The molecule has 0 radical (unpaired) electrons. The predicted molar refractivity (Wildman–Crippen MR) is 143 cm³/mol. The first-order valence-electron chi connectivity index (χ1n) is 13.4. The molecule has 1 heterocycles. The van der Waals surface area contributed by atoms with Gasteiger partial charge in [0, 0.05) is 18.3 Å². The van der Waals surface area contributed by atoms with Gasteiger partial charge < -0.3 is 32.1 Å². The van der Waals surface area contributed by atoms with Crippen LogP contribution in [0, 0.1) is 11.8 Å². The summed E-state index contributed by atoms with van der Waals surface area (Å²) in [5, 5.41) is 16.1. The highest BCUT2D eigenvalue weighted by molar-refractivity contribution is 5.93. The van der Waals surface area contributed by atoms with Gasteiger partial charge in [-0.1, -0.05) is 41.0 Å². The molecule has 10 heteroatoms. The predicted octanol–water partition coefficient (Wildman–Crippen LogP) is 0.944. The smallest absolute Gasteiger partial charge is 0.243 e. The molecule has 10 nitrogen and oxygen atoms in total. The van der Waals surface area contributed by atoms with E-state index in [9.17, 15) is 19.5 Å². The van der Waals surface area contributed by atoms with E-state index in [2.05, 4.69) is 24.5 Å². The number of nitrogens with one attached hydrogen (secondary N) is 2. The van der Waals surface area contributed by atoms with Gasteiger partial charge in [0.25, 0.3) is 0 Å². The first kappa shape index (κ1) is 32.0. The Kier molecular flexibility index (Phi) is 13.0. The molecule has 0 aromatic heterocycles. The Bertz CT molecular complexity index is 770. The van der Waals surface area contributed by atoms with E-state index in [1.54, 1.807) is 11.8 Å². The number of rotatable bonds is 14. The molecule has 0 bridgehead atoms. The van der Waals surface area contributed by atoms with Crippen molar-refractivity contribution in [1.82, 2.24) is 15.5 Å². The van der Waals surface area contributed by atoms with Crippen LogP contribution in [0.15, 0.2) is 4.99 Å². The molecule has 208 valence electrons. The third kappa shape index (κ3) is 8.81. The minimum Gasteiger partial charge on any atom is -0.391 e. The van der Waals surface area contributed by atoms with Gasteiger partial charge in [0.2, 0.25) is 17.7 Å². The molecule has 1 aliphatic rings. The van der Waals surface area contributed by atoms with Crippen LogP contribution in [0.5, 0.6) is 0 Å². The molecular weight excluding hydrogens is 460 g/mol. The zero-order chi connectivity index (χ0) is 27.7. The van der Waals surface area contributed by atoms with E-state index in [0.717, 1.165) is 0 Å². The fourth-order valence-electron chi connectivity index (χ4n) is 4.76. The van der Waals surface area contributed by atoms with Crippen molar-refractivity contribution in [2.24, 2.45) is 28.3 Å². The molecular formula is C26H50N6O4. The molecule has 7 atom stereocenters. The minimum atomic E-state index is -0.736. The monoisotopic (exact) mass is 510 g/mol. The van der Waals surface area contributed by atoms with Crippen molar-refractivity contribution >= 4 is 23.4 Å². The summed E-state index contributed by atoms with van der Waals surface area (Å²) in [5.74, 6) is -0.894. The second kappa shape index (κ2) is 14.6. The van der Waals surface area contributed by atoms with Crippen molar-refractivity contribution in [3.05, 3.63) is 0 Å². The lowest BCUT2D eigenvalue weighted by atomic mass is 9.94. The molecule has 36 heavy (non-hydrogen) atoms. The molecule has 0 saturated carbocycles. The summed E-state index contributed by atoms with van der Waals surface area (Å²) in [6, 6.07) is -2.75. The zero-order valence-corrected chi connectivity index (χ0v) is 23.5. The van der Waals surface area contributed by atoms with Crippen LogP contribution in [0.4, 0.5) is 0 Å². The van der Waals surface area contributed by atoms with Crippen LogP contribution in [0.3, 0.4) is 0 Å². The molecule has 0 spiro atoms. The zero-order valence-electron chi connectivity index (χ0n) is 23.5. The molecule has 7 unspecified atom stereocenters. The minimum absolute atomic E-state index is 0.0275. The molecule has 0 aliphatic carbocycles. The second-order valence-electron chi connectivity index (χ2n) is 10.9. The maximum atomic E-state index is 13.7. The lowest BCUT2D eigenvalue weighted by Crippen LogP contribution is -2.58. The first-order chi connectivity index (χ1) is 16.7. The van der Waals surface area contributed by atoms with Crippen LogP contribution in [0.25, 0.3) is 0 Å². The van der Waals surface area contributed by atoms with E-state index in [-0.39, 0.29) is 35.7 Å². The number of aliphatic hydroxyl groups excluding tert-OH is 1. The second-order valence-corrected chi connectivity index (χ2v) is 10.9. The van der Waals surface area contributed by atoms with Gasteiger partial charge in [-0.15, -0.1) is 0 Å². The summed E-state index contributed by atoms with van der Waals surface area (Å²) >= 11 is 0. The third-order valence-electron chi connectivity index (χ3n) is 7.00. The van der Waals surface area contributed by atoms with E-state index in [4.69, 9.17) is 16.5 Å². The van der Waals surface area contributed by atoms with Crippen molar-refractivity contribution in [3.63, 3.8) is 0 Å². The summed E-state index contributed by atoms with van der Waals surface area (Å²) < 4.78 is 0. The number of carbonyl (C=O) groups is 3. The number of hydrogen-bond donors (Lipinski definition) is 5. The van der Waals surface area contributed by atoms with E-state index in [1.165, 1.54) is 0 Å². The maximum absolute atomic E-state index is 13.7. The van der Waals surface area contributed by atoms with Crippen LogP contribution in [-0.2, 0) is 14.4 Å². The first-order valence-corrected chi connectivity index (χ1v) is 13.4. The standard InChI is InChI=1S/C26H50N6O4/c1-9-11-19(24(28)34)31-25(35)20-12-10-13-32(20)26(36)23(15(4)5)30-17(7)22(14(2)3)29-16(6)21(27)18(8)33/h14-15,17-23,30,33H,9-13,27H2,1-8H3,(H2,28,34)(H,31,35). The van der Waals surface area contributed by atoms with Crippen molar-refractivity contribution in [2.75, 3.05) is 6.54 Å². The summed E-state index contributed by atoms with van der Waals surface area (Å²) in [4.78, 5) is 44.9. The molecule has 0 aromatic rings. The Morgan fingerprint density at radius 3 is 2.19 bits per heavy atom. The van der Waals surface area contributed by atoms with Crippen molar-refractivity contribution in [3.8, 4) is 0 Å². The van der Waals surface area contributed by atoms with Crippen molar-refractivity contribution in [2.45, 2.75) is 123 Å².